The van der Waals surface area contributed by atoms with E-state index in [9.17, 15) is 18.0 Å². The molecular formula is C18H18F3N5OS2. The first kappa shape index (κ1) is 21.3. The number of carbonyl (C=O) groups is 1. The third kappa shape index (κ3) is 4.45. The van der Waals surface area contributed by atoms with Crippen molar-refractivity contribution in [3.63, 3.8) is 0 Å². The predicted octanol–water partition coefficient (Wildman–Crippen LogP) is 5.15. The number of nitrogens with one attached hydrogen (secondary N) is 1. The number of carbonyl (C=O) groups excluding carboxylic acids is 1. The number of pyridine rings is 1. The lowest BCUT2D eigenvalue weighted by Gasteiger charge is -2.13. The SMILES string of the molecule is CSc1sc(NC(=O)c2cnn(-c3ccc(C(F)(F)F)cn3)c2C(C)C)nc1C. The number of thiazole rings is 1. The van der Waals surface area contributed by atoms with Gasteiger partial charge in [0.2, 0.25) is 0 Å². The van der Waals surface area contributed by atoms with Crippen molar-refractivity contribution in [2.45, 2.75) is 37.1 Å². The molecular weight excluding hydrogens is 423 g/mol. The van der Waals surface area contributed by atoms with Crippen LogP contribution >= 0.6 is 23.1 Å². The minimum atomic E-state index is -4.47. The first-order valence-electron chi connectivity index (χ1n) is 8.56. The number of aromatic nitrogens is 4. The maximum absolute atomic E-state index is 12.8. The van der Waals surface area contributed by atoms with E-state index in [0.29, 0.717) is 16.4 Å². The summed E-state index contributed by atoms with van der Waals surface area (Å²) in [4.78, 5) is 21.0. The summed E-state index contributed by atoms with van der Waals surface area (Å²) in [5, 5.41) is 7.45. The van der Waals surface area contributed by atoms with Gasteiger partial charge in [0.25, 0.3) is 5.91 Å². The van der Waals surface area contributed by atoms with Gasteiger partial charge in [0.1, 0.15) is 0 Å². The molecule has 3 aromatic heterocycles. The first-order valence-corrected chi connectivity index (χ1v) is 10.6. The summed E-state index contributed by atoms with van der Waals surface area (Å²) in [6.45, 7) is 5.60. The molecule has 3 rings (SSSR count). The highest BCUT2D eigenvalue weighted by molar-refractivity contribution is 8.00. The van der Waals surface area contributed by atoms with E-state index in [1.807, 2.05) is 27.0 Å². The van der Waals surface area contributed by atoms with Crippen molar-refractivity contribution < 1.29 is 18.0 Å². The van der Waals surface area contributed by atoms with Crippen molar-refractivity contribution in [1.82, 2.24) is 19.7 Å². The highest BCUT2D eigenvalue weighted by atomic mass is 32.2. The molecule has 0 spiro atoms. The molecule has 1 amide bonds. The molecule has 0 atom stereocenters. The summed E-state index contributed by atoms with van der Waals surface area (Å²) < 4.78 is 40.7. The van der Waals surface area contributed by atoms with Crippen LogP contribution in [0.2, 0.25) is 0 Å². The molecule has 0 saturated carbocycles. The third-order valence-electron chi connectivity index (χ3n) is 4.05. The number of thioether (sulfide) groups is 1. The van der Waals surface area contributed by atoms with Crippen LogP contribution < -0.4 is 5.32 Å². The van der Waals surface area contributed by atoms with E-state index in [0.717, 1.165) is 22.2 Å². The van der Waals surface area contributed by atoms with E-state index >= 15 is 0 Å². The molecule has 0 bridgehead atoms. The molecule has 6 nitrogen and oxygen atoms in total. The molecule has 0 radical (unpaired) electrons. The molecule has 3 heterocycles. The fraction of sp³-hybridized carbons (Fsp3) is 0.333. The number of hydrogen-bond acceptors (Lipinski definition) is 6. The predicted molar refractivity (Wildman–Crippen MR) is 107 cm³/mol. The summed E-state index contributed by atoms with van der Waals surface area (Å²) in [5.74, 6) is -0.300. The van der Waals surface area contributed by atoms with Crippen molar-refractivity contribution in [1.29, 1.82) is 0 Å². The highest BCUT2D eigenvalue weighted by Crippen LogP contribution is 2.32. The topological polar surface area (TPSA) is 72.7 Å². The molecule has 0 aliphatic carbocycles. The Hall–Kier alpha value is -2.40. The van der Waals surface area contributed by atoms with Gasteiger partial charge in [-0.1, -0.05) is 25.2 Å². The van der Waals surface area contributed by atoms with Crippen molar-refractivity contribution >= 4 is 34.1 Å². The Morgan fingerprint density at radius 2 is 2.00 bits per heavy atom. The highest BCUT2D eigenvalue weighted by Gasteiger charge is 2.31. The second kappa shape index (κ2) is 8.15. The molecule has 0 aromatic carbocycles. The summed E-state index contributed by atoms with van der Waals surface area (Å²) in [6, 6.07) is 2.18. The second-order valence-electron chi connectivity index (χ2n) is 6.46. The molecule has 29 heavy (non-hydrogen) atoms. The number of rotatable bonds is 5. The molecule has 0 unspecified atom stereocenters. The van der Waals surface area contributed by atoms with Gasteiger partial charge in [-0.2, -0.15) is 18.3 Å². The van der Waals surface area contributed by atoms with Crippen LogP contribution in [0.1, 0.15) is 47.1 Å². The van der Waals surface area contributed by atoms with Gasteiger partial charge in [-0.25, -0.2) is 14.6 Å². The van der Waals surface area contributed by atoms with Crippen LogP contribution in [0.4, 0.5) is 18.3 Å². The minimum absolute atomic E-state index is 0.123. The monoisotopic (exact) mass is 441 g/mol. The van der Waals surface area contributed by atoms with Gasteiger partial charge in [0, 0.05) is 6.20 Å². The summed E-state index contributed by atoms with van der Waals surface area (Å²) in [5.41, 5.74) is 0.862. The van der Waals surface area contributed by atoms with Gasteiger partial charge < -0.3 is 0 Å². The molecule has 0 aliphatic rings. The van der Waals surface area contributed by atoms with Crippen LogP contribution in [0.15, 0.2) is 28.7 Å². The van der Waals surface area contributed by atoms with E-state index in [-0.39, 0.29) is 17.6 Å². The zero-order valence-corrected chi connectivity index (χ0v) is 17.7. The average molecular weight is 442 g/mol. The van der Waals surface area contributed by atoms with Crippen molar-refractivity contribution in [3.05, 3.63) is 47.0 Å². The molecule has 0 aliphatic heterocycles. The molecule has 154 valence electrons. The molecule has 1 N–H and O–H groups in total. The van der Waals surface area contributed by atoms with E-state index in [4.69, 9.17) is 0 Å². The van der Waals surface area contributed by atoms with Crippen LogP contribution in [0.5, 0.6) is 0 Å². The smallest absolute Gasteiger partial charge is 0.298 e. The van der Waals surface area contributed by atoms with Gasteiger partial charge in [-0.15, -0.1) is 11.8 Å². The van der Waals surface area contributed by atoms with Crippen LogP contribution in [0.25, 0.3) is 5.82 Å². The van der Waals surface area contributed by atoms with Crippen molar-refractivity contribution in [3.8, 4) is 5.82 Å². The Morgan fingerprint density at radius 3 is 2.52 bits per heavy atom. The Balaban J connectivity index is 1.93. The van der Waals surface area contributed by atoms with Gasteiger partial charge in [0.15, 0.2) is 10.9 Å². The number of alkyl halides is 3. The molecule has 3 aromatic rings. The third-order valence-corrected chi connectivity index (χ3v) is 6.33. The molecule has 0 fully saturated rings. The fourth-order valence-electron chi connectivity index (χ4n) is 2.74. The van der Waals surface area contributed by atoms with E-state index in [1.54, 1.807) is 11.8 Å². The Labute approximate surface area is 173 Å². The van der Waals surface area contributed by atoms with Gasteiger partial charge >= 0.3 is 6.18 Å². The van der Waals surface area contributed by atoms with Gasteiger partial charge in [-0.3, -0.25) is 10.1 Å². The lowest BCUT2D eigenvalue weighted by molar-refractivity contribution is -0.137. The first-order chi connectivity index (χ1) is 13.6. The van der Waals surface area contributed by atoms with E-state index in [2.05, 4.69) is 20.4 Å². The lowest BCUT2D eigenvalue weighted by atomic mass is 10.1. The van der Waals surface area contributed by atoms with Crippen LogP contribution in [0.3, 0.4) is 0 Å². The maximum atomic E-state index is 12.8. The Bertz CT molecular complexity index is 1030. The second-order valence-corrected chi connectivity index (χ2v) is 8.54. The van der Waals surface area contributed by atoms with E-state index < -0.39 is 11.7 Å². The quantitative estimate of drug-likeness (QED) is 0.555. The lowest BCUT2D eigenvalue weighted by Crippen LogP contribution is -2.16. The minimum Gasteiger partial charge on any atom is -0.298 e. The number of nitrogens with zero attached hydrogens (tertiary/aromatic N) is 4. The standard InChI is InChI=1S/C18H18F3N5OS2/c1-9(2)14-12(15(27)25-17-24-10(3)16(28-4)29-17)8-23-26(14)13-6-5-11(7-22-13)18(19,20)21/h5-9H,1-4H3,(H,24,25,27). The van der Waals surface area contributed by atoms with Gasteiger partial charge in [0.05, 0.1) is 32.9 Å². The van der Waals surface area contributed by atoms with Crippen molar-refractivity contribution in [2.75, 3.05) is 11.6 Å². The maximum Gasteiger partial charge on any atom is 0.417 e. The molecule has 0 saturated heterocycles. The van der Waals surface area contributed by atoms with Crippen LogP contribution in [0, 0.1) is 6.92 Å². The Kier molecular flexibility index (Phi) is 5.99. The zero-order valence-electron chi connectivity index (χ0n) is 16.0. The summed E-state index contributed by atoms with van der Waals surface area (Å²) in [6.07, 6.45) is -0.393. The summed E-state index contributed by atoms with van der Waals surface area (Å²) in [7, 11) is 0. The number of aryl methyl sites for hydroxylation is 1. The van der Waals surface area contributed by atoms with E-state index in [1.165, 1.54) is 28.3 Å². The largest absolute Gasteiger partial charge is 0.417 e. The average Bonchev–Trinajstić information content (AvgIpc) is 3.24. The fourth-order valence-corrected chi connectivity index (χ4v) is 4.35. The number of halogens is 3. The summed E-state index contributed by atoms with van der Waals surface area (Å²) >= 11 is 2.93. The van der Waals surface area contributed by atoms with Gasteiger partial charge in [-0.05, 0) is 31.2 Å². The number of anilines is 1. The number of amides is 1. The van der Waals surface area contributed by atoms with Crippen molar-refractivity contribution in [2.24, 2.45) is 0 Å². The van der Waals surface area contributed by atoms with Crippen LogP contribution in [-0.2, 0) is 6.18 Å². The normalized spacial score (nSPS) is 11.9. The number of hydrogen-bond donors (Lipinski definition) is 1. The Morgan fingerprint density at radius 1 is 1.28 bits per heavy atom. The molecule has 11 heteroatoms. The van der Waals surface area contributed by atoms with Crippen LogP contribution in [-0.4, -0.2) is 31.9 Å². The zero-order chi connectivity index (χ0) is 21.3.